The SMILES string of the molecule is C/C=C/C(=O)O[C@@H]1C(C)=C[C@@H]2C(=O)[C@]3(C=C(C)[C@H](O)[C@@]13O)[C@H](C)C[C@@H]1[C@H]2C1(C)C. The van der Waals surface area contributed by atoms with Crippen molar-refractivity contribution in [2.75, 3.05) is 0 Å². The van der Waals surface area contributed by atoms with E-state index in [2.05, 4.69) is 13.8 Å². The summed E-state index contributed by atoms with van der Waals surface area (Å²) in [4.78, 5) is 26.4. The molecule has 158 valence electrons. The van der Waals surface area contributed by atoms with Crippen molar-refractivity contribution in [2.24, 2.45) is 34.5 Å². The Morgan fingerprint density at radius 1 is 1.28 bits per heavy atom. The molecule has 0 unspecified atom stereocenters. The highest BCUT2D eigenvalue weighted by Gasteiger charge is 2.76. The minimum Gasteiger partial charge on any atom is -0.451 e. The molecule has 2 saturated carbocycles. The molecular formula is C24H32O5. The largest absolute Gasteiger partial charge is 0.451 e. The Hall–Kier alpha value is -1.72. The lowest BCUT2D eigenvalue weighted by Gasteiger charge is -2.48. The summed E-state index contributed by atoms with van der Waals surface area (Å²) in [5.41, 5.74) is -1.95. The van der Waals surface area contributed by atoms with Crippen molar-refractivity contribution >= 4 is 11.8 Å². The van der Waals surface area contributed by atoms with Gasteiger partial charge in [0.1, 0.15) is 6.10 Å². The third-order valence-electron chi connectivity index (χ3n) is 8.38. The Morgan fingerprint density at radius 3 is 2.55 bits per heavy atom. The van der Waals surface area contributed by atoms with Gasteiger partial charge in [-0.3, -0.25) is 4.79 Å². The van der Waals surface area contributed by atoms with Crippen LogP contribution >= 0.6 is 0 Å². The van der Waals surface area contributed by atoms with Crippen LogP contribution in [0.2, 0.25) is 0 Å². The fourth-order valence-electron chi connectivity index (χ4n) is 6.86. The average Bonchev–Trinajstić information content (AvgIpc) is 3.14. The number of hydrogen-bond acceptors (Lipinski definition) is 5. The van der Waals surface area contributed by atoms with Crippen LogP contribution in [0.3, 0.4) is 0 Å². The molecule has 0 aromatic carbocycles. The van der Waals surface area contributed by atoms with Gasteiger partial charge in [0, 0.05) is 12.0 Å². The number of aliphatic hydroxyl groups excluding tert-OH is 1. The van der Waals surface area contributed by atoms with Crippen molar-refractivity contribution < 1.29 is 24.5 Å². The van der Waals surface area contributed by atoms with Crippen LogP contribution in [-0.4, -0.2) is 39.8 Å². The number of fused-ring (bicyclic) bond motifs is 3. The summed E-state index contributed by atoms with van der Waals surface area (Å²) >= 11 is 0. The van der Waals surface area contributed by atoms with Gasteiger partial charge < -0.3 is 14.9 Å². The molecule has 5 nitrogen and oxygen atoms in total. The number of aliphatic hydroxyl groups is 2. The third-order valence-corrected chi connectivity index (χ3v) is 8.38. The van der Waals surface area contributed by atoms with Gasteiger partial charge in [0.2, 0.25) is 0 Å². The number of allylic oxidation sites excluding steroid dienone is 2. The van der Waals surface area contributed by atoms with Crippen LogP contribution in [0, 0.1) is 34.5 Å². The number of carbonyl (C=O) groups excluding carboxylic acids is 2. The lowest BCUT2D eigenvalue weighted by Crippen LogP contribution is -2.65. The predicted octanol–water partition coefficient (Wildman–Crippen LogP) is 2.97. The van der Waals surface area contributed by atoms with Crippen LogP contribution in [0.15, 0.2) is 35.5 Å². The van der Waals surface area contributed by atoms with E-state index < -0.39 is 29.2 Å². The van der Waals surface area contributed by atoms with Crippen LogP contribution in [0.1, 0.15) is 48.0 Å². The number of rotatable bonds is 2. The van der Waals surface area contributed by atoms with Gasteiger partial charge in [0.25, 0.3) is 0 Å². The number of esters is 1. The van der Waals surface area contributed by atoms with E-state index in [9.17, 15) is 19.8 Å². The summed E-state index contributed by atoms with van der Waals surface area (Å²) in [6.45, 7) is 11.6. The van der Waals surface area contributed by atoms with Crippen LogP contribution in [0.4, 0.5) is 0 Å². The normalized spacial score (nSPS) is 47.5. The highest BCUT2D eigenvalue weighted by molar-refractivity contribution is 5.95. The van der Waals surface area contributed by atoms with Gasteiger partial charge >= 0.3 is 5.97 Å². The van der Waals surface area contributed by atoms with E-state index in [-0.39, 0.29) is 29.0 Å². The van der Waals surface area contributed by atoms with E-state index in [4.69, 9.17) is 4.74 Å². The first-order chi connectivity index (χ1) is 13.4. The second kappa shape index (κ2) is 6.14. The molecule has 4 aliphatic carbocycles. The molecule has 5 heteroatoms. The monoisotopic (exact) mass is 400 g/mol. The number of ether oxygens (including phenoxy) is 1. The summed E-state index contributed by atoms with van der Waals surface area (Å²) in [6, 6.07) is 0. The average molecular weight is 401 g/mol. The van der Waals surface area contributed by atoms with Gasteiger partial charge in [-0.05, 0) is 61.5 Å². The lowest BCUT2D eigenvalue weighted by molar-refractivity contribution is -0.201. The zero-order chi connectivity index (χ0) is 21.5. The maximum absolute atomic E-state index is 14.1. The zero-order valence-electron chi connectivity index (χ0n) is 18.1. The van der Waals surface area contributed by atoms with Gasteiger partial charge in [-0.25, -0.2) is 4.79 Å². The lowest BCUT2D eigenvalue weighted by atomic mass is 9.59. The van der Waals surface area contributed by atoms with Crippen molar-refractivity contribution in [3.05, 3.63) is 35.5 Å². The second-order valence-corrected chi connectivity index (χ2v) is 10.2. The smallest absolute Gasteiger partial charge is 0.331 e. The molecule has 0 amide bonds. The van der Waals surface area contributed by atoms with Crippen LogP contribution in [0.5, 0.6) is 0 Å². The van der Waals surface area contributed by atoms with Crippen LogP contribution < -0.4 is 0 Å². The number of ketones is 1. The van der Waals surface area contributed by atoms with Crippen molar-refractivity contribution in [2.45, 2.75) is 65.8 Å². The molecule has 2 bridgehead atoms. The van der Waals surface area contributed by atoms with Crippen molar-refractivity contribution in [1.29, 1.82) is 0 Å². The molecule has 29 heavy (non-hydrogen) atoms. The predicted molar refractivity (Wildman–Crippen MR) is 109 cm³/mol. The van der Waals surface area contributed by atoms with E-state index in [1.165, 1.54) is 6.08 Å². The van der Waals surface area contributed by atoms with Gasteiger partial charge in [0.05, 0.1) is 5.41 Å². The summed E-state index contributed by atoms with van der Waals surface area (Å²) in [6.07, 6.45) is 4.96. The molecule has 0 radical (unpaired) electrons. The Morgan fingerprint density at radius 2 is 1.93 bits per heavy atom. The first kappa shape index (κ1) is 20.5. The third kappa shape index (κ3) is 2.35. The molecule has 4 aliphatic rings. The molecule has 2 N–H and O–H groups in total. The van der Waals surface area contributed by atoms with Crippen molar-refractivity contribution in [3.8, 4) is 0 Å². The molecule has 0 aromatic heterocycles. The molecule has 2 fully saturated rings. The minimum absolute atomic E-state index is 0.0505. The summed E-state index contributed by atoms with van der Waals surface area (Å²) in [5, 5.41) is 23.2. The molecule has 1 spiro atoms. The van der Waals surface area contributed by atoms with Gasteiger partial charge in [-0.15, -0.1) is 0 Å². The molecule has 0 aliphatic heterocycles. The Bertz CT molecular complexity index is 864. The van der Waals surface area contributed by atoms with Crippen molar-refractivity contribution in [3.63, 3.8) is 0 Å². The second-order valence-electron chi connectivity index (χ2n) is 10.2. The maximum Gasteiger partial charge on any atom is 0.331 e. The standard InChI is InChI=1S/C24H32O5/c1-7-8-17(25)29-21-12(2)9-15-18-16(22(18,5)6)10-14(4)23(20(15)27)11-13(3)19(26)24(21,23)28/h7-9,11,14-16,18-19,21,26,28H,10H2,1-6H3/b8-7+/t14-,15+,16-,18+,19+,21-,23+,24-/m1/s1. The highest BCUT2D eigenvalue weighted by Crippen LogP contribution is 2.71. The van der Waals surface area contributed by atoms with E-state index in [0.717, 1.165) is 6.42 Å². The fraction of sp³-hybridized carbons (Fsp3) is 0.667. The molecule has 0 saturated heterocycles. The van der Waals surface area contributed by atoms with Gasteiger partial charge in [0.15, 0.2) is 17.5 Å². The molecule has 0 aromatic rings. The van der Waals surface area contributed by atoms with Crippen molar-refractivity contribution in [1.82, 2.24) is 0 Å². The highest BCUT2D eigenvalue weighted by atomic mass is 16.6. The number of hydrogen-bond donors (Lipinski definition) is 2. The van der Waals surface area contributed by atoms with E-state index >= 15 is 0 Å². The van der Waals surface area contributed by atoms with Gasteiger partial charge in [-0.2, -0.15) is 0 Å². The quantitative estimate of drug-likeness (QED) is 0.423. The zero-order valence-corrected chi connectivity index (χ0v) is 18.1. The number of carbonyl (C=O) groups is 2. The summed E-state index contributed by atoms with van der Waals surface area (Å²) in [7, 11) is 0. The Balaban J connectivity index is 1.94. The van der Waals surface area contributed by atoms with E-state index in [1.54, 1.807) is 32.9 Å². The number of Topliss-reactive ketones (excluding diaryl/α,β-unsaturated/α-hetero) is 1. The topological polar surface area (TPSA) is 83.8 Å². The Labute approximate surface area is 172 Å². The molecular weight excluding hydrogens is 368 g/mol. The first-order valence-electron chi connectivity index (χ1n) is 10.6. The summed E-state index contributed by atoms with van der Waals surface area (Å²) in [5.74, 6) is -0.588. The molecule has 8 atom stereocenters. The molecule has 0 heterocycles. The minimum atomic E-state index is -1.92. The maximum atomic E-state index is 14.1. The summed E-state index contributed by atoms with van der Waals surface area (Å²) < 4.78 is 5.71. The van der Waals surface area contributed by atoms with Crippen LogP contribution in [-0.2, 0) is 14.3 Å². The Kier molecular flexibility index (Phi) is 4.35. The van der Waals surface area contributed by atoms with E-state index in [0.29, 0.717) is 17.1 Å². The first-order valence-corrected chi connectivity index (χ1v) is 10.6. The molecule has 4 rings (SSSR count). The van der Waals surface area contributed by atoms with Crippen LogP contribution in [0.25, 0.3) is 0 Å². The van der Waals surface area contributed by atoms with Gasteiger partial charge in [-0.1, -0.05) is 39.0 Å². The van der Waals surface area contributed by atoms with E-state index in [1.807, 2.05) is 13.0 Å². The fourth-order valence-corrected chi connectivity index (χ4v) is 6.86.